The number of benzene rings is 1. The number of hydrogen-bond donors (Lipinski definition) is 3. The molecule has 0 aliphatic heterocycles. The van der Waals surface area contributed by atoms with E-state index in [-0.39, 0.29) is 18.1 Å². The lowest BCUT2D eigenvalue weighted by atomic mass is 10.2. The van der Waals surface area contributed by atoms with Gasteiger partial charge in [-0.05, 0) is 56.1 Å². The second-order valence-electron chi connectivity index (χ2n) is 4.33. The minimum Gasteiger partial charge on any atom is -0.484 e. The van der Waals surface area contributed by atoms with Crippen molar-refractivity contribution in [2.75, 3.05) is 6.61 Å². The van der Waals surface area contributed by atoms with Crippen LogP contribution in [0.15, 0.2) is 38.5 Å². The number of halogens is 2. The molecule has 0 fully saturated rings. The molecular formula is C13H11Br2N5O4. The largest absolute Gasteiger partial charge is 0.484 e. The lowest BCUT2D eigenvalue weighted by Crippen LogP contribution is -2.20. The van der Waals surface area contributed by atoms with E-state index in [0.717, 1.165) is 0 Å². The number of nitrogens with zero attached hydrogens (tertiary/aromatic N) is 2. The average Bonchev–Trinajstić information content (AvgIpc) is 2.90. The molecule has 0 saturated heterocycles. The number of amides is 1. The van der Waals surface area contributed by atoms with Gasteiger partial charge in [-0.15, -0.1) is 0 Å². The normalized spacial score (nSPS) is 11.2. The monoisotopic (exact) mass is 459 g/mol. The predicted octanol–water partition coefficient (Wildman–Crippen LogP) is 1.28. The number of primary amides is 1. The molecule has 1 heterocycles. The Kier molecular flexibility index (Phi) is 5.93. The Morgan fingerprint density at radius 2 is 1.88 bits per heavy atom. The third kappa shape index (κ3) is 4.55. The highest BCUT2D eigenvalue weighted by molar-refractivity contribution is 9.13. The number of rotatable bonds is 6. The Hall–Kier alpha value is -2.40. The maximum atomic E-state index is 11.8. The molecule has 0 saturated carbocycles. The molecular weight excluding hydrogens is 450 g/mol. The van der Waals surface area contributed by atoms with Crippen molar-refractivity contribution in [3.05, 3.63) is 44.6 Å². The molecule has 11 heteroatoms. The Morgan fingerprint density at radius 3 is 2.42 bits per heavy atom. The molecule has 2 rings (SSSR count). The topological polar surface area (TPSA) is 146 Å². The van der Waals surface area contributed by atoms with Crippen LogP contribution in [0.3, 0.4) is 0 Å². The number of aromatic nitrogens is 2. The lowest BCUT2D eigenvalue weighted by molar-refractivity contribution is -0.119. The van der Waals surface area contributed by atoms with Crippen molar-refractivity contribution < 1.29 is 19.2 Å². The summed E-state index contributed by atoms with van der Waals surface area (Å²) in [6, 6.07) is 6.32. The second kappa shape index (κ2) is 7.93. The number of H-pyrrole nitrogens is 1. The van der Waals surface area contributed by atoms with E-state index in [1.54, 1.807) is 24.3 Å². The first-order chi connectivity index (χ1) is 11.4. The van der Waals surface area contributed by atoms with Crippen LogP contribution in [0.1, 0.15) is 16.1 Å². The molecule has 1 amide bonds. The van der Waals surface area contributed by atoms with E-state index in [4.69, 9.17) is 21.0 Å². The molecule has 9 nitrogen and oxygen atoms in total. The Balaban J connectivity index is 2.01. The number of hydrogen-bond acceptors (Lipinski definition) is 6. The Morgan fingerprint density at radius 1 is 1.21 bits per heavy atom. The number of ether oxygens (including phenoxy) is 1. The van der Waals surface area contributed by atoms with E-state index in [2.05, 4.69) is 47.2 Å². The van der Waals surface area contributed by atoms with Gasteiger partial charge in [-0.25, -0.2) is 4.79 Å². The first-order valence-corrected chi connectivity index (χ1v) is 7.92. The number of carbonyl (C=O) groups is 2. The first kappa shape index (κ1) is 17.9. The number of amidine groups is 1. The summed E-state index contributed by atoms with van der Waals surface area (Å²) in [5.41, 5.74) is 11.2. The van der Waals surface area contributed by atoms with Crippen molar-refractivity contribution in [3.8, 4) is 5.75 Å². The first-order valence-electron chi connectivity index (χ1n) is 6.34. The summed E-state index contributed by atoms with van der Waals surface area (Å²) in [7, 11) is 0. The van der Waals surface area contributed by atoms with Crippen molar-refractivity contribution in [2.45, 2.75) is 0 Å². The van der Waals surface area contributed by atoms with Gasteiger partial charge in [0.05, 0.1) is 4.47 Å². The average molecular weight is 461 g/mol. The van der Waals surface area contributed by atoms with Crippen molar-refractivity contribution in [3.63, 3.8) is 0 Å². The minimum atomic E-state index is -0.784. The number of carbonyl (C=O) groups excluding carboxylic acids is 2. The SMILES string of the molecule is NC(=O)COc1ccc(/C(N)=N/OC(=O)c2n[nH]c(Br)c2Br)cc1. The van der Waals surface area contributed by atoms with Crippen LogP contribution in [0.5, 0.6) is 5.75 Å². The van der Waals surface area contributed by atoms with E-state index in [9.17, 15) is 9.59 Å². The van der Waals surface area contributed by atoms with Gasteiger partial charge in [0, 0.05) is 5.56 Å². The molecule has 0 radical (unpaired) electrons. The fourth-order valence-electron chi connectivity index (χ4n) is 1.51. The highest BCUT2D eigenvalue weighted by Crippen LogP contribution is 2.24. The number of oxime groups is 1. The van der Waals surface area contributed by atoms with E-state index in [1.807, 2.05) is 0 Å². The van der Waals surface area contributed by atoms with Crippen molar-refractivity contribution in [1.29, 1.82) is 0 Å². The molecule has 0 spiro atoms. The van der Waals surface area contributed by atoms with Gasteiger partial charge in [-0.2, -0.15) is 5.10 Å². The van der Waals surface area contributed by atoms with Crippen LogP contribution in [0, 0.1) is 0 Å². The van der Waals surface area contributed by atoms with Gasteiger partial charge in [0.1, 0.15) is 10.4 Å². The van der Waals surface area contributed by atoms with Gasteiger partial charge in [-0.3, -0.25) is 9.89 Å². The Bertz CT molecular complexity index is 788. The summed E-state index contributed by atoms with van der Waals surface area (Å²) in [5, 5.41) is 9.88. The van der Waals surface area contributed by atoms with Crippen LogP contribution in [0.25, 0.3) is 0 Å². The summed E-state index contributed by atoms with van der Waals surface area (Å²) in [5.74, 6) is -0.945. The van der Waals surface area contributed by atoms with Gasteiger partial charge in [-0.1, -0.05) is 5.16 Å². The maximum absolute atomic E-state index is 11.8. The van der Waals surface area contributed by atoms with E-state index in [0.29, 0.717) is 20.4 Å². The maximum Gasteiger partial charge on any atom is 0.387 e. The predicted molar refractivity (Wildman–Crippen MR) is 91.3 cm³/mol. The van der Waals surface area contributed by atoms with Crippen LogP contribution in [0.4, 0.5) is 0 Å². The summed E-state index contributed by atoms with van der Waals surface area (Å²) in [4.78, 5) is 27.2. The molecule has 1 aromatic carbocycles. The molecule has 1 aromatic heterocycles. The molecule has 24 heavy (non-hydrogen) atoms. The second-order valence-corrected chi connectivity index (χ2v) is 5.92. The van der Waals surface area contributed by atoms with E-state index < -0.39 is 11.9 Å². The van der Waals surface area contributed by atoms with Crippen LogP contribution in [0.2, 0.25) is 0 Å². The highest BCUT2D eigenvalue weighted by atomic mass is 79.9. The van der Waals surface area contributed by atoms with Gasteiger partial charge in [0.25, 0.3) is 5.91 Å². The van der Waals surface area contributed by atoms with Gasteiger partial charge >= 0.3 is 5.97 Å². The summed E-state index contributed by atoms with van der Waals surface area (Å²) >= 11 is 6.32. The molecule has 0 unspecified atom stereocenters. The molecule has 0 atom stereocenters. The summed E-state index contributed by atoms with van der Waals surface area (Å²) < 4.78 is 6.02. The standard InChI is InChI=1S/C13H11Br2N5O4/c14-9-10(18-19-11(9)15)13(22)24-20-12(17)6-1-3-7(4-2-6)23-5-8(16)21/h1-4H,5H2,(H2,16,21)(H2,17,20)(H,18,19). The number of nitrogens with one attached hydrogen (secondary N) is 1. The quantitative estimate of drug-likeness (QED) is 0.256. The molecule has 0 aliphatic rings. The number of aromatic amines is 1. The van der Waals surface area contributed by atoms with Crippen LogP contribution >= 0.6 is 31.9 Å². The minimum absolute atomic E-state index is 0.0180. The molecule has 126 valence electrons. The van der Waals surface area contributed by atoms with Crippen LogP contribution in [-0.2, 0) is 9.63 Å². The molecule has 0 bridgehead atoms. The smallest absolute Gasteiger partial charge is 0.387 e. The lowest BCUT2D eigenvalue weighted by Gasteiger charge is -2.05. The van der Waals surface area contributed by atoms with Crippen LogP contribution in [-0.4, -0.2) is 34.5 Å². The van der Waals surface area contributed by atoms with E-state index in [1.165, 1.54) is 0 Å². The zero-order valence-corrected chi connectivity index (χ0v) is 15.1. The van der Waals surface area contributed by atoms with Gasteiger partial charge in [0.2, 0.25) is 0 Å². The van der Waals surface area contributed by atoms with Crippen molar-refractivity contribution in [2.24, 2.45) is 16.6 Å². The summed E-state index contributed by atoms with van der Waals surface area (Å²) in [6.45, 7) is -0.228. The highest BCUT2D eigenvalue weighted by Gasteiger charge is 2.18. The molecule has 5 N–H and O–H groups in total. The van der Waals surface area contributed by atoms with Crippen LogP contribution < -0.4 is 16.2 Å². The third-order valence-electron chi connectivity index (χ3n) is 2.62. The van der Waals surface area contributed by atoms with Crippen molar-refractivity contribution >= 4 is 49.6 Å². The fraction of sp³-hybridized carbons (Fsp3) is 0.0769. The fourth-order valence-corrected chi connectivity index (χ4v) is 2.12. The Labute approximate surface area is 152 Å². The molecule has 2 aromatic rings. The third-order valence-corrected chi connectivity index (χ3v) is 4.50. The van der Waals surface area contributed by atoms with Crippen molar-refractivity contribution in [1.82, 2.24) is 10.2 Å². The zero-order valence-electron chi connectivity index (χ0n) is 12.0. The summed E-state index contributed by atoms with van der Waals surface area (Å²) in [6.07, 6.45) is 0. The zero-order chi connectivity index (χ0) is 17.7. The number of nitrogens with two attached hydrogens (primary N) is 2. The van der Waals surface area contributed by atoms with Gasteiger partial charge in [0.15, 0.2) is 18.1 Å². The molecule has 0 aliphatic carbocycles. The van der Waals surface area contributed by atoms with E-state index >= 15 is 0 Å². The van der Waals surface area contributed by atoms with Gasteiger partial charge < -0.3 is 21.0 Å².